The van der Waals surface area contributed by atoms with E-state index in [0.717, 1.165) is 16.8 Å². The van der Waals surface area contributed by atoms with Crippen LogP contribution in [0.4, 0.5) is 5.69 Å². The number of benzene rings is 1. The fourth-order valence-electron chi connectivity index (χ4n) is 6.56. The molecular weight excluding hydrogens is 568 g/mol. The number of amides is 2. The van der Waals surface area contributed by atoms with Crippen LogP contribution in [-0.4, -0.2) is 74.5 Å². The third-order valence-corrected chi connectivity index (χ3v) is 11.4. The van der Waals surface area contributed by atoms with Crippen LogP contribution in [0.5, 0.6) is 0 Å². The Morgan fingerprint density at radius 3 is 2.58 bits per heavy atom. The number of thioether (sulfide) groups is 1. The fourth-order valence-corrected chi connectivity index (χ4v) is 10.1. The van der Waals surface area contributed by atoms with Crippen LogP contribution >= 0.6 is 27.7 Å². The molecule has 38 heavy (non-hydrogen) atoms. The number of hydrogen-bond acceptors (Lipinski definition) is 6. The number of carbonyl (C=O) groups excluding carboxylic acids is 3. The number of anilines is 1. The minimum atomic E-state index is -0.836. The average molecular weight is 606 g/mol. The number of para-hydroxylation sites is 1. The van der Waals surface area contributed by atoms with Gasteiger partial charge in [-0.25, -0.2) is 0 Å². The third kappa shape index (κ3) is 4.54. The van der Waals surface area contributed by atoms with E-state index in [9.17, 15) is 19.5 Å². The van der Waals surface area contributed by atoms with E-state index in [4.69, 9.17) is 4.74 Å². The van der Waals surface area contributed by atoms with Crippen LogP contribution in [0.15, 0.2) is 43.5 Å². The van der Waals surface area contributed by atoms with Crippen molar-refractivity contribution < 1.29 is 24.2 Å². The maximum Gasteiger partial charge on any atom is 0.310 e. The zero-order valence-electron chi connectivity index (χ0n) is 22.3. The summed E-state index contributed by atoms with van der Waals surface area (Å²) in [5, 5.41) is 10.1. The van der Waals surface area contributed by atoms with Crippen LogP contribution in [0, 0.1) is 25.7 Å². The van der Waals surface area contributed by atoms with E-state index in [0.29, 0.717) is 19.3 Å². The Bertz CT molecular complexity index is 1100. The van der Waals surface area contributed by atoms with Crippen LogP contribution in [0.3, 0.4) is 0 Å². The zero-order valence-corrected chi connectivity index (χ0v) is 24.7. The number of aryl methyl sites for hydroxylation is 2. The van der Waals surface area contributed by atoms with Crippen molar-refractivity contribution in [3.8, 4) is 0 Å². The predicted molar refractivity (Wildman–Crippen MR) is 154 cm³/mol. The van der Waals surface area contributed by atoms with Gasteiger partial charge >= 0.3 is 5.97 Å². The molecule has 3 heterocycles. The smallest absolute Gasteiger partial charge is 0.310 e. The number of esters is 1. The minimum Gasteiger partial charge on any atom is -0.465 e. The van der Waals surface area contributed by atoms with Gasteiger partial charge in [0, 0.05) is 22.3 Å². The van der Waals surface area contributed by atoms with Crippen molar-refractivity contribution in [2.75, 3.05) is 24.7 Å². The van der Waals surface area contributed by atoms with E-state index >= 15 is 0 Å². The lowest BCUT2D eigenvalue weighted by Gasteiger charge is -2.40. The van der Waals surface area contributed by atoms with E-state index in [1.807, 2.05) is 39.0 Å². The quantitative estimate of drug-likeness (QED) is 0.176. The molecule has 0 saturated carbocycles. The summed E-state index contributed by atoms with van der Waals surface area (Å²) in [5.74, 6) is -2.22. The number of aliphatic hydroxyl groups excluding tert-OH is 1. The molecule has 2 bridgehead atoms. The molecule has 2 amide bonds. The number of rotatable bonds is 11. The average Bonchev–Trinajstić information content (AvgIpc) is 3.47. The second-order valence-electron chi connectivity index (χ2n) is 10.4. The third-order valence-electron chi connectivity index (χ3n) is 8.16. The molecule has 3 saturated heterocycles. The van der Waals surface area contributed by atoms with Gasteiger partial charge in [-0.3, -0.25) is 14.4 Å². The van der Waals surface area contributed by atoms with Gasteiger partial charge in [0.25, 0.3) is 5.91 Å². The lowest BCUT2D eigenvalue weighted by atomic mass is 9.71. The molecule has 3 fully saturated rings. The van der Waals surface area contributed by atoms with Gasteiger partial charge in [-0.15, -0.1) is 24.9 Å². The summed E-state index contributed by atoms with van der Waals surface area (Å²) in [5.41, 5.74) is 2.70. The van der Waals surface area contributed by atoms with Crippen molar-refractivity contribution in [2.24, 2.45) is 11.8 Å². The van der Waals surface area contributed by atoms with Crippen LogP contribution in [0.25, 0.3) is 0 Å². The molecule has 1 aromatic carbocycles. The summed E-state index contributed by atoms with van der Waals surface area (Å²) in [7, 11) is 0. The normalized spacial score (nSPS) is 30.2. The first-order valence-corrected chi connectivity index (χ1v) is 15.0. The van der Waals surface area contributed by atoms with Gasteiger partial charge in [0.2, 0.25) is 5.91 Å². The number of aliphatic hydroxyl groups is 1. The number of hydrogen-bond donors (Lipinski definition) is 1. The van der Waals surface area contributed by atoms with Crippen molar-refractivity contribution in [1.29, 1.82) is 0 Å². The zero-order chi connectivity index (χ0) is 27.8. The SMILES string of the molecule is C=CCCOC(=O)[C@H]1[C@H]2C(=O)N([C@@H](CC)CO)C(C(=O)N(CC=C)c3c(C)cccc3C)C23CC(Br)[C@@H]1S3. The summed E-state index contributed by atoms with van der Waals surface area (Å²) in [6.07, 6.45) is 4.96. The summed E-state index contributed by atoms with van der Waals surface area (Å²) < 4.78 is 4.77. The maximum atomic E-state index is 14.7. The molecule has 0 radical (unpaired) electrons. The van der Waals surface area contributed by atoms with Gasteiger partial charge in [-0.1, -0.05) is 53.2 Å². The van der Waals surface area contributed by atoms with E-state index in [1.54, 1.807) is 33.7 Å². The van der Waals surface area contributed by atoms with Gasteiger partial charge in [-0.05, 0) is 44.2 Å². The summed E-state index contributed by atoms with van der Waals surface area (Å²) in [6, 6.07) is 4.51. The van der Waals surface area contributed by atoms with E-state index < -0.39 is 34.6 Å². The Labute approximate surface area is 237 Å². The van der Waals surface area contributed by atoms with Crippen molar-refractivity contribution in [3.63, 3.8) is 0 Å². The molecule has 4 rings (SSSR count). The first-order chi connectivity index (χ1) is 18.2. The number of alkyl halides is 1. The fraction of sp³-hybridized carbons (Fsp3) is 0.552. The second kappa shape index (κ2) is 11.6. The standard InChI is InChI=1S/C29H37BrN2O5S/c1-6-9-14-37-28(36)21-22-26(34)32(19(8-3)16-33)25(29(22)15-20(30)24(21)38-29)27(35)31(13-7-2)23-17(4)11-10-12-18(23)5/h6-7,10-12,19-22,24-25,33H,1-2,8-9,13-16H2,3-5H3/t19-,20?,21-,22-,24-,25?,29?/m0/s1. The molecule has 7 atom stereocenters. The number of carbonyl (C=O) groups is 3. The molecular formula is C29H37BrN2O5S. The molecule has 3 aliphatic heterocycles. The molecule has 3 aliphatic rings. The van der Waals surface area contributed by atoms with Crippen molar-refractivity contribution in [3.05, 3.63) is 54.6 Å². The number of nitrogens with zero attached hydrogens (tertiary/aromatic N) is 2. The van der Waals surface area contributed by atoms with Crippen LogP contribution in [-0.2, 0) is 19.1 Å². The molecule has 3 unspecified atom stereocenters. The lowest BCUT2D eigenvalue weighted by Crippen LogP contribution is -2.58. The number of fused-ring (bicyclic) bond motifs is 1. The number of ether oxygens (including phenoxy) is 1. The molecule has 7 nitrogen and oxygen atoms in total. The monoisotopic (exact) mass is 604 g/mol. The Kier molecular flexibility index (Phi) is 8.79. The molecule has 9 heteroatoms. The summed E-state index contributed by atoms with van der Waals surface area (Å²) in [4.78, 5) is 45.5. The van der Waals surface area contributed by atoms with E-state index in [1.165, 1.54) is 0 Å². The Morgan fingerprint density at radius 2 is 2.00 bits per heavy atom. The van der Waals surface area contributed by atoms with Crippen molar-refractivity contribution >= 4 is 51.2 Å². The summed E-state index contributed by atoms with van der Waals surface area (Å²) >= 11 is 5.35. The van der Waals surface area contributed by atoms with Crippen molar-refractivity contribution in [1.82, 2.24) is 4.90 Å². The Morgan fingerprint density at radius 1 is 1.32 bits per heavy atom. The van der Waals surface area contributed by atoms with Crippen LogP contribution in [0.2, 0.25) is 0 Å². The summed E-state index contributed by atoms with van der Waals surface area (Å²) in [6.45, 7) is 13.6. The Hall–Kier alpha value is -2.10. The van der Waals surface area contributed by atoms with Gasteiger partial charge < -0.3 is 19.6 Å². The number of likely N-dealkylation sites (tertiary alicyclic amines) is 1. The largest absolute Gasteiger partial charge is 0.465 e. The highest BCUT2D eigenvalue weighted by atomic mass is 79.9. The molecule has 1 N–H and O–H groups in total. The highest BCUT2D eigenvalue weighted by Crippen LogP contribution is 2.68. The highest BCUT2D eigenvalue weighted by Gasteiger charge is 2.76. The first-order valence-electron chi connectivity index (χ1n) is 13.2. The van der Waals surface area contributed by atoms with Gasteiger partial charge in [0.15, 0.2) is 0 Å². The molecule has 1 spiro atoms. The molecule has 0 aliphatic carbocycles. The predicted octanol–water partition coefficient (Wildman–Crippen LogP) is 4.18. The minimum absolute atomic E-state index is 0.0500. The topological polar surface area (TPSA) is 87.1 Å². The van der Waals surface area contributed by atoms with E-state index in [-0.39, 0.29) is 41.6 Å². The van der Waals surface area contributed by atoms with Gasteiger partial charge in [-0.2, -0.15) is 0 Å². The second-order valence-corrected chi connectivity index (χ2v) is 13.1. The number of halogens is 1. The molecule has 0 aromatic heterocycles. The molecule has 1 aromatic rings. The Balaban J connectivity index is 1.83. The highest BCUT2D eigenvalue weighted by molar-refractivity contribution is 9.09. The van der Waals surface area contributed by atoms with Gasteiger partial charge in [0.05, 0.1) is 35.8 Å². The van der Waals surface area contributed by atoms with Crippen molar-refractivity contribution in [2.45, 2.75) is 66.9 Å². The lowest BCUT2D eigenvalue weighted by molar-refractivity contribution is -0.154. The van der Waals surface area contributed by atoms with Crippen LogP contribution < -0.4 is 4.90 Å². The molecule has 206 valence electrons. The van der Waals surface area contributed by atoms with Gasteiger partial charge in [0.1, 0.15) is 6.04 Å². The van der Waals surface area contributed by atoms with Crippen LogP contribution in [0.1, 0.15) is 37.3 Å². The first kappa shape index (κ1) is 28.9. The maximum absolute atomic E-state index is 14.7. The van der Waals surface area contributed by atoms with E-state index in [2.05, 4.69) is 29.1 Å².